The van der Waals surface area contributed by atoms with Gasteiger partial charge in [0.05, 0.1) is 13.2 Å². The van der Waals surface area contributed by atoms with Gasteiger partial charge < -0.3 is 18.9 Å². The molecule has 0 aliphatic carbocycles. The molecule has 0 saturated heterocycles. The third-order valence-corrected chi connectivity index (χ3v) is 4.40. The highest BCUT2D eigenvalue weighted by molar-refractivity contribution is 5.82. The van der Waals surface area contributed by atoms with E-state index in [1.807, 2.05) is 24.3 Å². The van der Waals surface area contributed by atoms with Crippen molar-refractivity contribution >= 4 is 24.3 Å². The van der Waals surface area contributed by atoms with Crippen LogP contribution in [0, 0.1) is 11.3 Å². The molecule has 2 aromatic rings. The first-order valence-corrected chi connectivity index (χ1v) is 10.9. The topological polar surface area (TPSA) is 112 Å². The summed E-state index contributed by atoms with van der Waals surface area (Å²) in [5, 5.41) is 8.35. The molecule has 0 saturated carbocycles. The van der Waals surface area contributed by atoms with Gasteiger partial charge in [0, 0.05) is 18.6 Å². The number of aldehydes is 1. The highest BCUT2D eigenvalue weighted by Gasteiger charge is 2.16. The monoisotopic (exact) mass is 491 g/mol. The Morgan fingerprint density at radius 3 is 2.17 bits per heavy atom. The fourth-order valence-electron chi connectivity index (χ4n) is 2.57. The van der Waals surface area contributed by atoms with Crippen molar-refractivity contribution in [3.8, 4) is 17.6 Å². The maximum absolute atomic E-state index is 11.3. The Hall–Kier alpha value is -4.64. The molecule has 0 fully saturated rings. The molecular formula is C28H29NO7. The summed E-state index contributed by atoms with van der Waals surface area (Å²) in [5.41, 5.74) is 2.02. The number of carbonyl (C=O) groups is 3. The second-order valence-corrected chi connectivity index (χ2v) is 6.98. The third-order valence-electron chi connectivity index (χ3n) is 4.40. The van der Waals surface area contributed by atoms with Crippen LogP contribution in [0.3, 0.4) is 0 Å². The second-order valence-electron chi connectivity index (χ2n) is 6.98. The lowest BCUT2D eigenvalue weighted by molar-refractivity contribution is -0.154. The summed E-state index contributed by atoms with van der Waals surface area (Å²) in [5.74, 6) is 0.122. The standard InChI is InChI=1S/C18H18O6.C10H11NO/c1-3-17(20)23-13-16(24-18(21)4-2)12-22-15-9-7-14(8-10-15)6-5-11-19;1-12-10-6-4-9(5-7-10)3-2-8-11/h3-11,16H,1-2,12-13H2;4-7H,2-3H2,1H3/b6-5+;. The highest BCUT2D eigenvalue weighted by Crippen LogP contribution is 2.14. The molecule has 0 aliphatic heterocycles. The molecule has 1 atom stereocenters. The van der Waals surface area contributed by atoms with Crippen molar-refractivity contribution in [2.75, 3.05) is 20.3 Å². The lowest BCUT2D eigenvalue weighted by Crippen LogP contribution is -2.30. The van der Waals surface area contributed by atoms with E-state index in [0.29, 0.717) is 18.5 Å². The number of aryl methyl sites for hydroxylation is 1. The van der Waals surface area contributed by atoms with Crippen LogP contribution in [-0.4, -0.2) is 44.7 Å². The minimum Gasteiger partial charge on any atom is -0.497 e. The highest BCUT2D eigenvalue weighted by atomic mass is 16.6. The first-order valence-electron chi connectivity index (χ1n) is 10.9. The number of esters is 2. The van der Waals surface area contributed by atoms with Crippen LogP contribution in [0.1, 0.15) is 17.5 Å². The number of hydrogen-bond donors (Lipinski definition) is 0. The fourth-order valence-corrected chi connectivity index (χ4v) is 2.57. The molecule has 0 spiro atoms. The molecule has 8 heteroatoms. The second kappa shape index (κ2) is 17.8. The Morgan fingerprint density at radius 2 is 1.61 bits per heavy atom. The number of methoxy groups -OCH3 is 1. The summed E-state index contributed by atoms with van der Waals surface area (Å²) >= 11 is 0. The van der Waals surface area contributed by atoms with Crippen LogP contribution in [0.25, 0.3) is 6.08 Å². The van der Waals surface area contributed by atoms with Gasteiger partial charge in [-0.05, 0) is 47.9 Å². The molecule has 0 heterocycles. The predicted molar refractivity (Wildman–Crippen MR) is 135 cm³/mol. The first-order chi connectivity index (χ1) is 17.4. The van der Waals surface area contributed by atoms with Crippen molar-refractivity contribution in [1.82, 2.24) is 0 Å². The Bertz CT molecular complexity index is 1050. The Morgan fingerprint density at radius 1 is 0.972 bits per heavy atom. The van der Waals surface area contributed by atoms with E-state index >= 15 is 0 Å². The van der Waals surface area contributed by atoms with Crippen LogP contribution in [0.15, 0.2) is 79.9 Å². The molecule has 2 rings (SSSR count). The number of allylic oxidation sites excluding steroid dienone is 1. The Balaban J connectivity index is 0.000000450. The van der Waals surface area contributed by atoms with Gasteiger partial charge in [0.25, 0.3) is 0 Å². The van der Waals surface area contributed by atoms with Crippen LogP contribution >= 0.6 is 0 Å². The minimum atomic E-state index is -0.783. The summed E-state index contributed by atoms with van der Waals surface area (Å²) in [6, 6.07) is 16.8. The zero-order valence-electron chi connectivity index (χ0n) is 20.1. The lowest BCUT2D eigenvalue weighted by Gasteiger charge is -2.17. The Labute approximate surface area is 211 Å². The van der Waals surface area contributed by atoms with Gasteiger partial charge in [0.2, 0.25) is 0 Å². The number of rotatable bonds is 13. The first kappa shape index (κ1) is 29.4. The predicted octanol–water partition coefficient (Wildman–Crippen LogP) is 4.26. The quantitative estimate of drug-likeness (QED) is 0.232. The van der Waals surface area contributed by atoms with Crippen molar-refractivity contribution in [3.63, 3.8) is 0 Å². The number of nitriles is 1. The average Bonchev–Trinajstić information content (AvgIpc) is 2.92. The lowest BCUT2D eigenvalue weighted by atomic mass is 10.1. The van der Waals surface area contributed by atoms with Gasteiger partial charge >= 0.3 is 11.9 Å². The number of nitrogens with zero attached hydrogens (tertiary/aromatic N) is 1. The number of carbonyl (C=O) groups excluding carboxylic acids is 3. The van der Waals surface area contributed by atoms with Gasteiger partial charge in [0.1, 0.15) is 31.0 Å². The summed E-state index contributed by atoms with van der Waals surface area (Å²) in [6.07, 6.45) is 6.36. The van der Waals surface area contributed by atoms with Gasteiger partial charge in [-0.25, -0.2) is 9.59 Å². The molecule has 36 heavy (non-hydrogen) atoms. The van der Waals surface area contributed by atoms with Crippen LogP contribution in [0.5, 0.6) is 11.5 Å². The van der Waals surface area contributed by atoms with Crippen LogP contribution in [0.4, 0.5) is 0 Å². The molecule has 0 aliphatic rings. The number of benzene rings is 2. The van der Waals surface area contributed by atoms with E-state index in [1.54, 1.807) is 37.5 Å². The maximum atomic E-state index is 11.3. The smallest absolute Gasteiger partial charge is 0.330 e. The van der Waals surface area contributed by atoms with E-state index in [1.165, 1.54) is 11.6 Å². The van der Waals surface area contributed by atoms with E-state index in [2.05, 4.69) is 19.2 Å². The molecule has 0 radical (unpaired) electrons. The van der Waals surface area contributed by atoms with E-state index in [-0.39, 0.29) is 13.2 Å². The maximum Gasteiger partial charge on any atom is 0.330 e. The SMILES string of the molecule is C=CC(=O)OCC(COc1ccc(/C=C/C=O)cc1)OC(=O)C=C.COc1ccc(CCC#N)cc1. The van der Waals surface area contributed by atoms with Crippen molar-refractivity contribution in [2.45, 2.75) is 18.9 Å². The zero-order valence-corrected chi connectivity index (χ0v) is 20.1. The van der Waals surface area contributed by atoms with E-state index < -0.39 is 18.0 Å². The van der Waals surface area contributed by atoms with Crippen molar-refractivity contribution in [3.05, 3.63) is 91.0 Å². The minimum absolute atomic E-state index is 0.00642. The van der Waals surface area contributed by atoms with Crippen molar-refractivity contribution in [2.24, 2.45) is 0 Å². The molecule has 0 amide bonds. The van der Waals surface area contributed by atoms with Gasteiger partial charge in [-0.2, -0.15) is 5.26 Å². The molecule has 0 bridgehead atoms. The van der Waals surface area contributed by atoms with Gasteiger partial charge in [-0.1, -0.05) is 43.5 Å². The van der Waals surface area contributed by atoms with E-state index in [0.717, 1.165) is 29.9 Å². The summed E-state index contributed by atoms with van der Waals surface area (Å²) in [7, 11) is 1.64. The van der Waals surface area contributed by atoms with Crippen molar-refractivity contribution in [1.29, 1.82) is 5.26 Å². The average molecular weight is 492 g/mol. The molecule has 0 N–H and O–H groups in total. The summed E-state index contributed by atoms with van der Waals surface area (Å²) < 4.78 is 20.4. The number of hydrogen-bond acceptors (Lipinski definition) is 8. The fraction of sp³-hybridized carbons (Fsp3) is 0.214. The van der Waals surface area contributed by atoms with E-state index in [4.69, 9.17) is 24.2 Å². The summed E-state index contributed by atoms with van der Waals surface area (Å²) in [6.45, 7) is 6.42. The van der Waals surface area contributed by atoms with Crippen molar-refractivity contribution < 1.29 is 33.3 Å². The Kier molecular flexibility index (Phi) is 14.5. The normalized spacial score (nSPS) is 10.6. The molecule has 8 nitrogen and oxygen atoms in total. The molecule has 188 valence electrons. The van der Waals surface area contributed by atoms with Crippen LogP contribution in [0.2, 0.25) is 0 Å². The molecule has 1 unspecified atom stereocenters. The molecule has 2 aromatic carbocycles. The van der Waals surface area contributed by atoms with Gasteiger partial charge in [0.15, 0.2) is 6.10 Å². The van der Waals surface area contributed by atoms with Crippen LogP contribution in [-0.2, 0) is 30.3 Å². The van der Waals surface area contributed by atoms with Crippen LogP contribution < -0.4 is 9.47 Å². The third kappa shape index (κ3) is 12.6. The number of ether oxygens (including phenoxy) is 4. The molecular weight excluding hydrogens is 462 g/mol. The zero-order chi connectivity index (χ0) is 26.6. The van der Waals surface area contributed by atoms with E-state index in [9.17, 15) is 14.4 Å². The molecule has 0 aromatic heterocycles. The van der Waals surface area contributed by atoms with Gasteiger partial charge in [-0.15, -0.1) is 0 Å². The van der Waals surface area contributed by atoms with Gasteiger partial charge in [-0.3, -0.25) is 4.79 Å². The largest absolute Gasteiger partial charge is 0.497 e. The summed E-state index contributed by atoms with van der Waals surface area (Å²) in [4.78, 5) is 32.7.